The first-order chi connectivity index (χ1) is 7.11. The fraction of sp³-hybridized carbons (Fsp3) is 0.444. The van der Waals surface area contributed by atoms with E-state index in [0.29, 0.717) is 5.82 Å². The Balaban J connectivity index is 2.43. The van der Waals surface area contributed by atoms with Gasteiger partial charge in [-0.1, -0.05) is 0 Å². The molecule has 0 radical (unpaired) electrons. The Labute approximate surface area is 87.2 Å². The molecule has 0 bridgehead atoms. The Morgan fingerprint density at radius 3 is 2.67 bits per heavy atom. The fourth-order valence-electron chi connectivity index (χ4n) is 1.02. The molecular weight excluding hydrogens is 198 g/mol. The maximum absolute atomic E-state index is 10.5. The predicted octanol–water partition coefficient (Wildman–Crippen LogP) is 0.510. The molecule has 0 saturated carbocycles. The number of carbonyl (C=O) groups is 1. The first-order valence-electron chi connectivity index (χ1n) is 4.50. The third-order valence-corrected chi connectivity index (χ3v) is 1.95. The van der Waals surface area contributed by atoms with Crippen LogP contribution in [0.25, 0.3) is 0 Å². The minimum Gasteiger partial charge on any atom is -0.465 e. The van der Waals surface area contributed by atoms with Gasteiger partial charge in [0.25, 0.3) is 0 Å². The molecule has 1 aromatic heterocycles. The summed E-state index contributed by atoms with van der Waals surface area (Å²) in [4.78, 5) is 19.3. The maximum atomic E-state index is 10.5. The van der Waals surface area contributed by atoms with Crippen LogP contribution in [0.3, 0.4) is 0 Å². The van der Waals surface area contributed by atoms with Crippen molar-refractivity contribution in [1.29, 1.82) is 0 Å². The molecule has 0 aromatic carbocycles. The highest BCUT2D eigenvalue weighted by molar-refractivity contribution is 5.64. The van der Waals surface area contributed by atoms with Gasteiger partial charge in [0, 0.05) is 26.0 Å². The molecule has 15 heavy (non-hydrogen) atoms. The summed E-state index contributed by atoms with van der Waals surface area (Å²) in [5, 5.41) is 18.2. The van der Waals surface area contributed by atoms with E-state index >= 15 is 0 Å². The molecule has 0 aliphatic rings. The number of aromatic nitrogens is 2. The minimum absolute atomic E-state index is 0.245. The van der Waals surface area contributed by atoms with Gasteiger partial charge >= 0.3 is 6.09 Å². The summed E-state index contributed by atoms with van der Waals surface area (Å²) >= 11 is 0. The summed E-state index contributed by atoms with van der Waals surface area (Å²) in [7, 11) is 1.45. The second-order valence-corrected chi connectivity index (χ2v) is 3.12. The van der Waals surface area contributed by atoms with Gasteiger partial charge in [-0.15, -0.1) is 0 Å². The minimum atomic E-state index is -1.02. The van der Waals surface area contributed by atoms with Crippen molar-refractivity contribution in [1.82, 2.24) is 14.9 Å². The molecule has 82 valence electrons. The van der Waals surface area contributed by atoms with Crippen LogP contribution in [-0.4, -0.2) is 44.8 Å². The van der Waals surface area contributed by atoms with Gasteiger partial charge in [0.05, 0.1) is 0 Å². The van der Waals surface area contributed by atoms with Crippen molar-refractivity contribution in [3.8, 4) is 0 Å². The van der Waals surface area contributed by atoms with E-state index in [4.69, 9.17) is 5.11 Å². The van der Waals surface area contributed by atoms with Crippen molar-refractivity contribution in [2.24, 2.45) is 0 Å². The third kappa shape index (κ3) is 3.51. The monoisotopic (exact) mass is 211 g/mol. The Hall–Kier alpha value is -1.69. The van der Waals surface area contributed by atoms with Crippen molar-refractivity contribution in [3.63, 3.8) is 0 Å². The molecule has 0 spiro atoms. The first kappa shape index (κ1) is 11.4. The number of hydrogen-bond donors (Lipinski definition) is 2. The number of carboxylic acid groups (broad SMARTS) is 1. The van der Waals surface area contributed by atoms with Crippen molar-refractivity contribution < 1.29 is 15.0 Å². The molecule has 1 unspecified atom stereocenters. The van der Waals surface area contributed by atoms with Gasteiger partial charge in [0.1, 0.15) is 6.10 Å². The van der Waals surface area contributed by atoms with Crippen molar-refractivity contribution in [2.75, 3.05) is 13.6 Å². The van der Waals surface area contributed by atoms with Crippen LogP contribution in [-0.2, 0) is 0 Å². The lowest BCUT2D eigenvalue weighted by atomic mass is 10.2. The largest absolute Gasteiger partial charge is 0.465 e. The second-order valence-electron chi connectivity index (χ2n) is 3.12. The number of nitrogens with zero attached hydrogens (tertiary/aromatic N) is 3. The number of hydrogen-bond acceptors (Lipinski definition) is 4. The van der Waals surface area contributed by atoms with E-state index in [1.165, 1.54) is 19.4 Å². The van der Waals surface area contributed by atoms with E-state index in [9.17, 15) is 9.90 Å². The van der Waals surface area contributed by atoms with Crippen LogP contribution in [0.2, 0.25) is 0 Å². The Kier molecular flexibility index (Phi) is 3.99. The number of aliphatic hydroxyl groups excluding tert-OH is 1. The van der Waals surface area contributed by atoms with Crippen LogP contribution >= 0.6 is 0 Å². The van der Waals surface area contributed by atoms with Gasteiger partial charge in [-0.05, 0) is 12.5 Å². The summed E-state index contributed by atoms with van der Waals surface area (Å²) in [5.74, 6) is 0.316. The lowest BCUT2D eigenvalue weighted by Gasteiger charge is -2.14. The van der Waals surface area contributed by atoms with Gasteiger partial charge in [-0.2, -0.15) is 0 Å². The first-order valence-corrected chi connectivity index (χ1v) is 4.50. The summed E-state index contributed by atoms with van der Waals surface area (Å²) in [6, 6.07) is 1.65. The average Bonchev–Trinajstić information content (AvgIpc) is 2.26. The van der Waals surface area contributed by atoms with E-state index in [0.717, 1.165) is 4.90 Å². The topological polar surface area (TPSA) is 86.5 Å². The van der Waals surface area contributed by atoms with Crippen molar-refractivity contribution >= 4 is 6.09 Å². The smallest absolute Gasteiger partial charge is 0.407 e. The molecule has 0 saturated heterocycles. The molecule has 0 aliphatic heterocycles. The molecule has 0 fully saturated rings. The standard InChI is InChI=1S/C9H13N3O3/c1-12(9(14)15)6-3-7(13)8-10-4-2-5-11-8/h2,4-5,7,13H,3,6H2,1H3,(H,14,15). The van der Waals surface area contributed by atoms with E-state index in [2.05, 4.69) is 9.97 Å². The molecule has 6 heteroatoms. The van der Waals surface area contributed by atoms with Gasteiger partial charge < -0.3 is 15.1 Å². The summed E-state index contributed by atoms with van der Waals surface area (Å²) < 4.78 is 0. The highest BCUT2D eigenvalue weighted by atomic mass is 16.4. The fourth-order valence-corrected chi connectivity index (χ4v) is 1.02. The zero-order valence-electron chi connectivity index (χ0n) is 8.37. The van der Waals surface area contributed by atoms with Crippen molar-refractivity contribution in [3.05, 3.63) is 24.3 Å². The van der Waals surface area contributed by atoms with Crippen LogP contribution in [0.5, 0.6) is 0 Å². The SMILES string of the molecule is CN(CCC(O)c1ncccn1)C(=O)O. The van der Waals surface area contributed by atoms with Gasteiger partial charge in [-0.3, -0.25) is 0 Å². The van der Waals surface area contributed by atoms with Gasteiger partial charge in [0.15, 0.2) is 5.82 Å². The Bertz CT molecular complexity index is 318. The highest BCUT2D eigenvalue weighted by Crippen LogP contribution is 2.10. The van der Waals surface area contributed by atoms with E-state index in [-0.39, 0.29) is 13.0 Å². The highest BCUT2D eigenvalue weighted by Gasteiger charge is 2.12. The number of amides is 1. The molecule has 2 N–H and O–H groups in total. The molecule has 0 aliphatic carbocycles. The van der Waals surface area contributed by atoms with E-state index in [1.54, 1.807) is 6.07 Å². The molecule has 1 rings (SSSR count). The Morgan fingerprint density at radius 2 is 2.13 bits per heavy atom. The lowest BCUT2D eigenvalue weighted by molar-refractivity contribution is 0.126. The lowest BCUT2D eigenvalue weighted by Crippen LogP contribution is -2.27. The normalized spacial score (nSPS) is 12.1. The van der Waals surface area contributed by atoms with Crippen LogP contribution in [0.4, 0.5) is 4.79 Å². The third-order valence-electron chi connectivity index (χ3n) is 1.95. The molecule has 1 aromatic rings. The molecule has 1 atom stereocenters. The predicted molar refractivity (Wildman–Crippen MR) is 52.3 cm³/mol. The number of aliphatic hydroxyl groups is 1. The van der Waals surface area contributed by atoms with Crippen LogP contribution in [0.15, 0.2) is 18.5 Å². The molecule has 6 nitrogen and oxygen atoms in total. The summed E-state index contributed by atoms with van der Waals surface area (Å²) in [5.41, 5.74) is 0. The second kappa shape index (κ2) is 5.26. The van der Waals surface area contributed by atoms with E-state index in [1.807, 2.05) is 0 Å². The molecular formula is C9H13N3O3. The average molecular weight is 211 g/mol. The van der Waals surface area contributed by atoms with Crippen LogP contribution in [0.1, 0.15) is 18.3 Å². The van der Waals surface area contributed by atoms with Crippen LogP contribution in [0, 0.1) is 0 Å². The summed E-state index contributed by atoms with van der Waals surface area (Å²) in [6.45, 7) is 0.245. The van der Waals surface area contributed by atoms with Gasteiger partial charge in [0.2, 0.25) is 0 Å². The molecule has 1 heterocycles. The Morgan fingerprint density at radius 1 is 1.53 bits per heavy atom. The van der Waals surface area contributed by atoms with Crippen molar-refractivity contribution in [2.45, 2.75) is 12.5 Å². The maximum Gasteiger partial charge on any atom is 0.407 e. The zero-order valence-corrected chi connectivity index (χ0v) is 8.37. The zero-order chi connectivity index (χ0) is 11.3. The van der Waals surface area contributed by atoms with Gasteiger partial charge in [-0.25, -0.2) is 14.8 Å². The number of rotatable bonds is 4. The van der Waals surface area contributed by atoms with Crippen LogP contribution < -0.4 is 0 Å². The van der Waals surface area contributed by atoms with E-state index < -0.39 is 12.2 Å². The molecule has 1 amide bonds. The quantitative estimate of drug-likeness (QED) is 0.757. The summed E-state index contributed by atoms with van der Waals surface area (Å²) in [6.07, 6.45) is 1.51.